The van der Waals surface area contributed by atoms with Gasteiger partial charge in [-0.3, -0.25) is 4.79 Å². The zero-order valence-electron chi connectivity index (χ0n) is 19.9. The van der Waals surface area contributed by atoms with E-state index in [0.29, 0.717) is 48.2 Å². The van der Waals surface area contributed by atoms with Crippen LogP contribution in [0.5, 0.6) is 0 Å². The summed E-state index contributed by atoms with van der Waals surface area (Å²) in [5.41, 5.74) is 0.190. The van der Waals surface area contributed by atoms with Gasteiger partial charge in [-0.2, -0.15) is 0 Å². The van der Waals surface area contributed by atoms with E-state index in [1.807, 2.05) is 0 Å². The Hall–Kier alpha value is -0.990. The highest BCUT2D eigenvalue weighted by Crippen LogP contribution is 2.68. The molecule has 0 aromatic rings. The molecule has 0 saturated heterocycles. The number of hydrogen-bond donors (Lipinski definition) is 2. The molecule has 0 spiro atoms. The van der Waals surface area contributed by atoms with E-state index in [1.165, 1.54) is 44.9 Å². The third kappa shape index (κ3) is 3.43. The molecule has 4 rings (SSSR count). The summed E-state index contributed by atoms with van der Waals surface area (Å²) in [6, 6.07) is 0. The molecule has 4 aliphatic carbocycles. The molecule has 30 heavy (non-hydrogen) atoms. The second kappa shape index (κ2) is 7.85. The molecule has 0 aliphatic heterocycles. The van der Waals surface area contributed by atoms with Crippen molar-refractivity contribution in [1.82, 2.24) is 0 Å². The Bertz CT molecular complexity index is 709. The Morgan fingerprint density at radius 2 is 1.63 bits per heavy atom. The molecule has 8 atom stereocenters. The number of hydrogen-bond acceptors (Lipinski definition) is 3. The fourth-order valence-corrected chi connectivity index (χ4v) is 8.79. The van der Waals surface area contributed by atoms with Crippen LogP contribution in [-0.4, -0.2) is 16.0 Å². The zero-order chi connectivity index (χ0) is 21.8. The Morgan fingerprint density at radius 1 is 0.933 bits per heavy atom. The van der Waals surface area contributed by atoms with E-state index in [-0.39, 0.29) is 22.9 Å². The number of carbonyl (C=O) groups excluding carboxylic acids is 1. The molecule has 0 radical (unpaired) electrons. The molecule has 4 aliphatic rings. The van der Waals surface area contributed by atoms with Crippen LogP contribution in [0.2, 0.25) is 0 Å². The molecule has 0 aromatic heterocycles. The first kappa shape index (κ1) is 22.2. The first-order valence-electron chi connectivity index (χ1n) is 12.7. The predicted octanol–water partition coefficient (Wildman–Crippen LogP) is 7.22. The van der Waals surface area contributed by atoms with Gasteiger partial charge in [0.05, 0.1) is 0 Å². The SMILES string of the molecule is CC(C)CCC[C@@H](C)[C@H]1CC[C@H]2[C@@H]3CC(=O)C4CC(O)=C(O)C[C@]4(C)[C@H]3CC[C@]12C. The maximum absolute atomic E-state index is 13.2. The summed E-state index contributed by atoms with van der Waals surface area (Å²) in [5, 5.41) is 20.5. The summed E-state index contributed by atoms with van der Waals surface area (Å²) < 4.78 is 0. The lowest BCUT2D eigenvalue weighted by molar-refractivity contribution is -0.152. The van der Waals surface area contributed by atoms with Crippen LogP contribution in [0.1, 0.15) is 98.8 Å². The van der Waals surface area contributed by atoms with Crippen molar-refractivity contribution in [2.75, 3.05) is 0 Å². The Kier molecular flexibility index (Phi) is 5.81. The van der Waals surface area contributed by atoms with E-state index in [4.69, 9.17) is 0 Å². The van der Waals surface area contributed by atoms with Crippen molar-refractivity contribution in [3.8, 4) is 0 Å². The summed E-state index contributed by atoms with van der Waals surface area (Å²) in [5.74, 6) is 4.42. The van der Waals surface area contributed by atoms with Gasteiger partial charge in [-0.15, -0.1) is 0 Å². The minimum Gasteiger partial charge on any atom is -0.509 e. The second-order valence-corrected chi connectivity index (χ2v) is 12.4. The number of aliphatic hydroxyl groups is 2. The first-order valence-corrected chi connectivity index (χ1v) is 12.7. The summed E-state index contributed by atoms with van der Waals surface area (Å²) in [4.78, 5) is 13.2. The van der Waals surface area contributed by atoms with Crippen LogP contribution in [0.4, 0.5) is 0 Å². The third-order valence-corrected chi connectivity index (χ3v) is 10.4. The van der Waals surface area contributed by atoms with Crippen LogP contribution in [0, 0.1) is 52.3 Å². The van der Waals surface area contributed by atoms with Crippen LogP contribution in [0.15, 0.2) is 11.5 Å². The van der Waals surface area contributed by atoms with Gasteiger partial charge in [0.15, 0.2) is 0 Å². The van der Waals surface area contributed by atoms with Gasteiger partial charge >= 0.3 is 0 Å². The number of ketones is 1. The molecule has 2 N–H and O–H groups in total. The highest BCUT2D eigenvalue weighted by Gasteiger charge is 2.62. The number of Topliss-reactive ketones (excluding diaryl/α,β-unsaturated/α-hetero) is 1. The standard InChI is InChI=1S/C27H44O3/c1-16(2)7-6-8-17(3)19-9-10-20-18-13-23(28)22-14-24(29)25(30)15-27(22,5)21(18)11-12-26(19,20)4/h16-22,29-30H,6-15H2,1-5H3/t17-,18+,19-,20+,21+,22?,26-,27-/m1/s1. The third-order valence-electron chi connectivity index (χ3n) is 10.4. The van der Waals surface area contributed by atoms with E-state index >= 15 is 0 Å². The quantitative estimate of drug-likeness (QED) is 0.497. The zero-order valence-corrected chi connectivity index (χ0v) is 19.9. The summed E-state index contributed by atoms with van der Waals surface area (Å²) in [6.07, 6.45) is 10.6. The van der Waals surface area contributed by atoms with Crippen LogP contribution < -0.4 is 0 Å². The molecule has 3 heteroatoms. The lowest BCUT2D eigenvalue weighted by Gasteiger charge is -2.59. The Labute approximate surface area is 183 Å². The van der Waals surface area contributed by atoms with E-state index in [9.17, 15) is 15.0 Å². The summed E-state index contributed by atoms with van der Waals surface area (Å²) >= 11 is 0. The van der Waals surface area contributed by atoms with Gasteiger partial charge in [-0.25, -0.2) is 0 Å². The predicted molar refractivity (Wildman–Crippen MR) is 121 cm³/mol. The molecule has 1 unspecified atom stereocenters. The number of aliphatic hydroxyl groups excluding tert-OH is 2. The minimum atomic E-state index is -0.182. The topological polar surface area (TPSA) is 57.5 Å². The van der Waals surface area contributed by atoms with Gasteiger partial charge in [0.25, 0.3) is 0 Å². The van der Waals surface area contributed by atoms with Gasteiger partial charge in [0, 0.05) is 25.2 Å². The van der Waals surface area contributed by atoms with Crippen LogP contribution in [0.3, 0.4) is 0 Å². The largest absolute Gasteiger partial charge is 0.509 e. The normalized spacial score (nSPS) is 44.6. The molecular formula is C27H44O3. The van der Waals surface area contributed by atoms with Crippen LogP contribution >= 0.6 is 0 Å². The fourth-order valence-electron chi connectivity index (χ4n) is 8.79. The van der Waals surface area contributed by atoms with E-state index < -0.39 is 0 Å². The van der Waals surface area contributed by atoms with Gasteiger partial charge in [0.1, 0.15) is 17.3 Å². The summed E-state index contributed by atoms with van der Waals surface area (Å²) in [7, 11) is 0. The molecule has 0 heterocycles. The molecule has 0 bridgehead atoms. The van der Waals surface area contributed by atoms with Crippen LogP contribution in [0.25, 0.3) is 0 Å². The number of allylic oxidation sites excluding steroid dienone is 2. The van der Waals surface area contributed by atoms with Crippen molar-refractivity contribution in [3.63, 3.8) is 0 Å². The molecule has 0 amide bonds. The fraction of sp³-hybridized carbons (Fsp3) is 0.889. The van der Waals surface area contributed by atoms with E-state index in [0.717, 1.165) is 17.8 Å². The van der Waals surface area contributed by atoms with Gasteiger partial charge in [-0.1, -0.05) is 53.9 Å². The second-order valence-electron chi connectivity index (χ2n) is 12.4. The van der Waals surface area contributed by atoms with Crippen molar-refractivity contribution in [2.45, 2.75) is 98.8 Å². The van der Waals surface area contributed by atoms with Crippen molar-refractivity contribution in [2.24, 2.45) is 52.3 Å². The monoisotopic (exact) mass is 416 g/mol. The lowest BCUT2D eigenvalue weighted by atomic mass is 9.44. The van der Waals surface area contributed by atoms with E-state index in [2.05, 4.69) is 34.6 Å². The Morgan fingerprint density at radius 3 is 2.33 bits per heavy atom. The van der Waals surface area contributed by atoms with Gasteiger partial charge in [-0.05, 0) is 72.0 Å². The van der Waals surface area contributed by atoms with Gasteiger partial charge < -0.3 is 10.2 Å². The molecule has 0 aromatic carbocycles. The molecule has 3 saturated carbocycles. The van der Waals surface area contributed by atoms with Gasteiger partial charge in [0.2, 0.25) is 0 Å². The smallest absolute Gasteiger partial charge is 0.137 e. The lowest BCUT2D eigenvalue weighted by Crippen LogP contribution is -2.56. The van der Waals surface area contributed by atoms with Crippen molar-refractivity contribution < 1.29 is 15.0 Å². The average molecular weight is 417 g/mol. The molecular weight excluding hydrogens is 372 g/mol. The minimum absolute atomic E-state index is 0.0566. The first-order chi connectivity index (χ1) is 14.1. The van der Waals surface area contributed by atoms with Crippen molar-refractivity contribution >= 4 is 5.78 Å². The molecule has 170 valence electrons. The maximum atomic E-state index is 13.2. The van der Waals surface area contributed by atoms with Crippen molar-refractivity contribution in [3.05, 3.63) is 11.5 Å². The number of fused-ring (bicyclic) bond motifs is 5. The molecule has 3 nitrogen and oxygen atoms in total. The maximum Gasteiger partial charge on any atom is 0.137 e. The number of rotatable bonds is 5. The highest BCUT2D eigenvalue weighted by molar-refractivity contribution is 5.83. The highest BCUT2D eigenvalue weighted by atomic mass is 16.3. The number of carbonyl (C=O) groups is 1. The Balaban J connectivity index is 1.54. The van der Waals surface area contributed by atoms with Crippen molar-refractivity contribution in [1.29, 1.82) is 0 Å². The summed E-state index contributed by atoms with van der Waals surface area (Å²) in [6.45, 7) is 11.9. The van der Waals surface area contributed by atoms with E-state index in [1.54, 1.807) is 0 Å². The molecule has 3 fully saturated rings. The van der Waals surface area contributed by atoms with Crippen LogP contribution in [-0.2, 0) is 4.79 Å². The average Bonchev–Trinajstić information content (AvgIpc) is 3.01.